The second-order valence-electron chi connectivity index (χ2n) is 13.7. The molecule has 4 heteroatoms. The van der Waals surface area contributed by atoms with E-state index in [0.29, 0.717) is 17.5 Å². The minimum atomic E-state index is -0.218. The number of hydrogen-bond donors (Lipinski definition) is 0. The van der Waals surface area contributed by atoms with Crippen LogP contribution in [0.25, 0.3) is 89.1 Å². The summed E-state index contributed by atoms with van der Waals surface area (Å²) in [7, 11) is 0. The van der Waals surface area contributed by atoms with Gasteiger partial charge in [0.15, 0.2) is 17.5 Å². The van der Waals surface area contributed by atoms with E-state index >= 15 is 0 Å². The fourth-order valence-corrected chi connectivity index (χ4v) is 7.71. The van der Waals surface area contributed by atoms with Crippen LogP contribution >= 0.6 is 0 Å². The number of hydrogen-bond acceptors (Lipinski definition) is 4. The number of rotatable bonds is 4. The topological polar surface area (TPSA) is 51.8 Å². The van der Waals surface area contributed by atoms with E-state index in [-0.39, 0.29) is 5.41 Å². The molecule has 4 nitrogen and oxygen atoms in total. The number of para-hydroxylation sites is 1. The molecule has 0 unspecified atom stereocenters. The van der Waals surface area contributed by atoms with Crippen molar-refractivity contribution in [1.29, 1.82) is 0 Å². The summed E-state index contributed by atoms with van der Waals surface area (Å²) in [6.45, 7) is 4.61. The molecule has 10 rings (SSSR count). The summed E-state index contributed by atoms with van der Waals surface area (Å²) in [5, 5.41) is 4.79. The lowest BCUT2D eigenvalue weighted by molar-refractivity contribution is 0.656. The van der Waals surface area contributed by atoms with Crippen LogP contribution in [-0.2, 0) is 5.41 Å². The van der Waals surface area contributed by atoms with Gasteiger partial charge in [0.1, 0.15) is 11.2 Å². The molecule has 2 heterocycles. The molecule has 0 N–H and O–H groups in total. The molecule has 0 saturated carbocycles. The monoisotopic (exact) mass is 641 g/mol. The molecular formula is C46H31N3O. The van der Waals surface area contributed by atoms with Crippen molar-refractivity contribution in [3.05, 3.63) is 163 Å². The lowest BCUT2D eigenvalue weighted by Crippen LogP contribution is -2.15. The quantitative estimate of drug-likeness (QED) is 0.192. The zero-order valence-corrected chi connectivity index (χ0v) is 27.7. The van der Waals surface area contributed by atoms with E-state index in [2.05, 4.69) is 135 Å². The largest absolute Gasteiger partial charge is 0.456 e. The third-order valence-corrected chi connectivity index (χ3v) is 10.3. The zero-order valence-electron chi connectivity index (χ0n) is 27.7. The molecule has 0 fully saturated rings. The Hall–Kier alpha value is -6.39. The molecule has 9 aromatic rings. The molecule has 0 radical (unpaired) electrons. The molecule has 0 saturated heterocycles. The Labute approximate surface area is 289 Å². The molecule has 2 aromatic heterocycles. The van der Waals surface area contributed by atoms with E-state index in [1.165, 1.54) is 44.0 Å². The van der Waals surface area contributed by atoms with Gasteiger partial charge >= 0.3 is 0 Å². The summed E-state index contributed by atoms with van der Waals surface area (Å²) >= 11 is 0. The minimum absolute atomic E-state index is 0.218. The van der Waals surface area contributed by atoms with Gasteiger partial charge in [-0.05, 0) is 68.4 Å². The molecule has 236 valence electrons. The third-order valence-electron chi connectivity index (χ3n) is 10.3. The first kappa shape index (κ1) is 28.6. The lowest BCUT2D eigenvalue weighted by atomic mass is 9.81. The first-order valence-corrected chi connectivity index (χ1v) is 17.0. The third kappa shape index (κ3) is 4.42. The molecule has 0 atom stereocenters. The van der Waals surface area contributed by atoms with Gasteiger partial charge in [-0.3, -0.25) is 0 Å². The highest BCUT2D eigenvalue weighted by molar-refractivity contribution is 6.15. The zero-order chi connectivity index (χ0) is 33.4. The first-order chi connectivity index (χ1) is 24.5. The molecular weight excluding hydrogens is 611 g/mol. The number of benzene rings is 7. The fraction of sp³-hybridized carbons (Fsp3) is 0.0652. The average Bonchev–Trinajstić information content (AvgIpc) is 3.66. The molecule has 1 aliphatic rings. The number of nitrogens with zero attached hydrogens (tertiary/aromatic N) is 3. The number of fused-ring (bicyclic) bond motifs is 8. The second-order valence-corrected chi connectivity index (χ2v) is 13.7. The van der Waals surface area contributed by atoms with Crippen LogP contribution in [0.5, 0.6) is 0 Å². The maximum Gasteiger partial charge on any atom is 0.164 e. The molecule has 50 heavy (non-hydrogen) atoms. The van der Waals surface area contributed by atoms with E-state index in [9.17, 15) is 0 Å². The summed E-state index contributed by atoms with van der Waals surface area (Å²) in [5.74, 6) is 1.95. The van der Waals surface area contributed by atoms with Gasteiger partial charge in [-0.25, -0.2) is 15.0 Å². The van der Waals surface area contributed by atoms with Crippen molar-refractivity contribution >= 4 is 32.7 Å². The molecule has 7 aromatic carbocycles. The molecule has 0 amide bonds. The van der Waals surface area contributed by atoms with Gasteiger partial charge in [0.05, 0.1) is 0 Å². The Kier molecular flexibility index (Phi) is 6.19. The van der Waals surface area contributed by atoms with Gasteiger partial charge < -0.3 is 4.42 Å². The van der Waals surface area contributed by atoms with Crippen molar-refractivity contribution in [3.8, 4) is 56.4 Å². The predicted octanol–water partition coefficient (Wildman–Crippen LogP) is 11.9. The van der Waals surface area contributed by atoms with Crippen LogP contribution in [-0.4, -0.2) is 15.0 Å². The van der Waals surface area contributed by atoms with Gasteiger partial charge in [-0.1, -0.05) is 141 Å². The van der Waals surface area contributed by atoms with Crippen molar-refractivity contribution in [1.82, 2.24) is 15.0 Å². The van der Waals surface area contributed by atoms with Crippen molar-refractivity contribution < 1.29 is 4.42 Å². The number of furan rings is 1. The summed E-state index contributed by atoms with van der Waals surface area (Å²) in [6, 6.07) is 53.1. The normalized spacial score (nSPS) is 13.2. The van der Waals surface area contributed by atoms with Crippen molar-refractivity contribution in [2.45, 2.75) is 19.3 Å². The van der Waals surface area contributed by atoms with Gasteiger partial charge in [0.25, 0.3) is 0 Å². The Morgan fingerprint density at radius 3 is 1.86 bits per heavy atom. The van der Waals surface area contributed by atoms with E-state index < -0.39 is 0 Å². The van der Waals surface area contributed by atoms with Crippen molar-refractivity contribution in [2.75, 3.05) is 0 Å². The first-order valence-electron chi connectivity index (χ1n) is 17.0. The van der Waals surface area contributed by atoms with Crippen LogP contribution in [0.15, 0.2) is 156 Å². The van der Waals surface area contributed by atoms with Crippen LogP contribution in [0.1, 0.15) is 25.0 Å². The van der Waals surface area contributed by atoms with Gasteiger partial charge in [-0.2, -0.15) is 0 Å². The van der Waals surface area contributed by atoms with E-state index in [4.69, 9.17) is 19.4 Å². The van der Waals surface area contributed by atoms with Gasteiger partial charge in [-0.15, -0.1) is 0 Å². The average molecular weight is 642 g/mol. The maximum atomic E-state index is 6.29. The highest BCUT2D eigenvalue weighted by Crippen LogP contribution is 2.53. The Bertz CT molecular complexity index is 2780. The SMILES string of the molecule is CC1(C)c2cc(-c3nc(-c4ccccc4)nc(-c4ccc(-c5ccc6ccccc6c5)cc4)n3)ccc2-c2c1ccc1oc3ccccc3c21. The maximum absolute atomic E-state index is 6.29. The molecule has 0 bridgehead atoms. The summed E-state index contributed by atoms with van der Waals surface area (Å²) in [6.07, 6.45) is 0. The van der Waals surface area contributed by atoms with Crippen LogP contribution < -0.4 is 0 Å². The van der Waals surface area contributed by atoms with Gasteiger partial charge in [0.2, 0.25) is 0 Å². The van der Waals surface area contributed by atoms with Crippen molar-refractivity contribution in [3.63, 3.8) is 0 Å². The summed E-state index contributed by atoms with van der Waals surface area (Å²) in [5.41, 5.74) is 11.8. The minimum Gasteiger partial charge on any atom is -0.456 e. The standard InChI is InChI=1S/C46H31N3O/c1-46(2)37-24-25-40-42(36-14-8-9-15-39(36)50-40)41(37)35-23-22-34(27-38(35)46)45-48-43(30-11-4-3-5-12-30)47-44(49-45)31-19-16-29(17-20-31)33-21-18-28-10-6-7-13-32(28)26-33/h3-27H,1-2H3. The van der Waals surface area contributed by atoms with E-state index in [0.717, 1.165) is 38.8 Å². The van der Waals surface area contributed by atoms with Crippen LogP contribution in [0, 0.1) is 0 Å². The van der Waals surface area contributed by atoms with E-state index in [1.807, 2.05) is 30.3 Å². The molecule has 0 aliphatic heterocycles. The molecule has 1 aliphatic carbocycles. The van der Waals surface area contributed by atoms with Crippen LogP contribution in [0.3, 0.4) is 0 Å². The van der Waals surface area contributed by atoms with Gasteiger partial charge in [0, 0.05) is 32.9 Å². The Morgan fingerprint density at radius 2 is 1.06 bits per heavy atom. The highest BCUT2D eigenvalue weighted by Gasteiger charge is 2.38. The second kappa shape index (κ2) is 10.8. The van der Waals surface area contributed by atoms with Crippen LogP contribution in [0.4, 0.5) is 0 Å². The Morgan fingerprint density at radius 1 is 0.440 bits per heavy atom. The smallest absolute Gasteiger partial charge is 0.164 e. The summed E-state index contributed by atoms with van der Waals surface area (Å²) < 4.78 is 6.29. The molecule has 0 spiro atoms. The predicted molar refractivity (Wildman–Crippen MR) is 204 cm³/mol. The number of aromatic nitrogens is 3. The fourth-order valence-electron chi connectivity index (χ4n) is 7.71. The van der Waals surface area contributed by atoms with E-state index in [1.54, 1.807) is 0 Å². The Balaban J connectivity index is 1.10. The lowest BCUT2D eigenvalue weighted by Gasteiger charge is -2.22. The van der Waals surface area contributed by atoms with Crippen molar-refractivity contribution in [2.24, 2.45) is 0 Å². The highest BCUT2D eigenvalue weighted by atomic mass is 16.3. The van der Waals surface area contributed by atoms with Crippen LogP contribution in [0.2, 0.25) is 0 Å². The summed E-state index contributed by atoms with van der Waals surface area (Å²) in [4.78, 5) is 15.2.